The van der Waals surface area contributed by atoms with Gasteiger partial charge in [-0.1, -0.05) is 0 Å². The molecule has 1 aromatic rings. The zero-order chi connectivity index (χ0) is 17.1. The fourth-order valence-electron chi connectivity index (χ4n) is 4.18. The smallest absolute Gasteiger partial charge is 0.0793 e. The molecule has 4 atom stereocenters. The third kappa shape index (κ3) is 4.79. The SMILES string of the molecule is Cc1cnn(C[C@@H]2CCCN2C[C@H](O)CN2C[C@H](C)O[C@@H](C)C2)c1. The maximum absolute atomic E-state index is 10.6. The standard InChI is InChI=1S/C18H32N4O2/c1-14-7-19-22(8-14)11-17-5-4-6-21(17)13-18(23)12-20-9-15(2)24-16(3)10-20/h7-8,15-18,23H,4-6,9-13H2,1-3H3/t15-,16-,17-,18+/m0/s1. The van der Waals surface area contributed by atoms with Crippen LogP contribution in [0, 0.1) is 6.92 Å². The molecular formula is C18H32N4O2. The Hall–Kier alpha value is -0.950. The van der Waals surface area contributed by atoms with E-state index in [1.165, 1.54) is 18.4 Å². The molecule has 0 unspecified atom stereocenters. The van der Waals surface area contributed by atoms with Gasteiger partial charge in [-0.3, -0.25) is 14.5 Å². The van der Waals surface area contributed by atoms with E-state index in [2.05, 4.69) is 41.9 Å². The molecule has 136 valence electrons. The van der Waals surface area contributed by atoms with Gasteiger partial charge < -0.3 is 9.84 Å². The molecule has 24 heavy (non-hydrogen) atoms. The van der Waals surface area contributed by atoms with Gasteiger partial charge in [0, 0.05) is 38.4 Å². The lowest BCUT2D eigenvalue weighted by molar-refractivity contribution is -0.0782. The van der Waals surface area contributed by atoms with Gasteiger partial charge in [0.1, 0.15) is 0 Å². The van der Waals surface area contributed by atoms with Crippen LogP contribution < -0.4 is 0 Å². The number of β-amino-alcohol motifs (C(OH)–C–C–N with tert-alkyl or cyclic N) is 1. The minimum absolute atomic E-state index is 0.253. The Labute approximate surface area is 145 Å². The Morgan fingerprint density at radius 1 is 1.29 bits per heavy atom. The predicted molar refractivity (Wildman–Crippen MR) is 94.0 cm³/mol. The number of aromatic nitrogens is 2. The van der Waals surface area contributed by atoms with Gasteiger partial charge in [0.15, 0.2) is 0 Å². The molecule has 0 amide bonds. The average Bonchev–Trinajstić information content (AvgIpc) is 3.08. The van der Waals surface area contributed by atoms with Gasteiger partial charge in [0.25, 0.3) is 0 Å². The highest BCUT2D eigenvalue weighted by atomic mass is 16.5. The van der Waals surface area contributed by atoms with E-state index in [1.54, 1.807) is 0 Å². The zero-order valence-corrected chi connectivity index (χ0v) is 15.3. The Kier molecular flexibility index (Phi) is 5.92. The lowest BCUT2D eigenvalue weighted by Gasteiger charge is -2.37. The van der Waals surface area contributed by atoms with E-state index in [1.807, 2.05) is 10.9 Å². The van der Waals surface area contributed by atoms with Crippen LogP contribution >= 0.6 is 0 Å². The second-order valence-corrected chi connectivity index (χ2v) is 7.66. The van der Waals surface area contributed by atoms with Crippen molar-refractivity contribution in [1.82, 2.24) is 19.6 Å². The minimum Gasteiger partial charge on any atom is -0.390 e. The Balaban J connectivity index is 1.48. The summed E-state index contributed by atoms with van der Waals surface area (Å²) >= 11 is 0. The summed E-state index contributed by atoms with van der Waals surface area (Å²) in [5.41, 5.74) is 1.20. The van der Waals surface area contributed by atoms with E-state index >= 15 is 0 Å². The highest BCUT2D eigenvalue weighted by molar-refractivity contribution is 5.00. The number of aliphatic hydroxyl groups excluding tert-OH is 1. The highest BCUT2D eigenvalue weighted by Gasteiger charge is 2.29. The lowest BCUT2D eigenvalue weighted by atomic mass is 10.2. The quantitative estimate of drug-likeness (QED) is 0.844. The van der Waals surface area contributed by atoms with Crippen molar-refractivity contribution in [2.75, 3.05) is 32.7 Å². The van der Waals surface area contributed by atoms with Crippen molar-refractivity contribution >= 4 is 0 Å². The van der Waals surface area contributed by atoms with Gasteiger partial charge in [-0.05, 0) is 45.7 Å². The summed E-state index contributed by atoms with van der Waals surface area (Å²) in [5, 5.41) is 15.0. The largest absolute Gasteiger partial charge is 0.390 e. The van der Waals surface area contributed by atoms with Crippen LogP contribution in [0.2, 0.25) is 0 Å². The second kappa shape index (κ2) is 7.95. The predicted octanol–water partition coefficient (Wildman–Crippen LogP) is 1.13. The average molecular weight is 336 g/mol. The molecule has 6 heteroatoms. The first-order valence-corrected chi connectivity index (χ1v) is 9.28. The van der Waals surface area contributed by atoms with Crippen LogP contribution in [0.4, 0.5) is 0 Å². The molecule has 1 N–H and O–H groups in total. The molecule has 0 radical (unpaired) electrons. The van der Waals surface area contributed by atoms with Crippen molar-refractivity contribution in [1.29, 1.82) is 0 Å². The summed E-state index contributed by atoms with van der Waals surface area (Å²) in [6.45, 7) is 11.6. The third-order valence-electron chi connectivity index (χ3n) is 5.07. The molecule has 2 aliphatic rings. The van der Waals surface area contributed by atoms with Crippen molar-refractivity contribution in [3.63, 3.8) is 0 Å². The number of hydrogen-bond donors (Lipinski definition) is 1. The number of morpholine rings is 1. The van der Waals surface area contributed by atoms with E-state index in [0.29, 0.717) is 6.04 Å². The molecule has 0 aliphatic carbocycles. The molecule has 0 saturated carbocycles. The number of rotatable bonds is 6. The zero-order valence-electron chi connectivity index (χ0n) is 15.3. The number of hydrogen-bond acceptors (Lipinski definition) is 5. The number of aryl methyl sites for hydroxylation is 1. The third-order valence-corrected chi connectivity index (χ3v) is 5.07. The summed E-state index contributed by atoms with van der Waals surface area (Å²) in [6, 6.07) is 0.487. The van der Waals surface area contributed by atoms with Crippen LogP contribution in [0.3, 0.4) is 0 Å². The van der Waals surface area contributed by atoms with Crippen molar-refractivity contribution in [2.24, 2.45) is 0 Å². The van der Waals surface area contributed by atoms with Crippen molar-refractivity contribution in [2.45, 2.75) is 64.5 Å². The fraction of sp³-hybridized carbons (Fsp3) is 0.833. The molecule has 3 heterocycles. The minimum atomic E-state index is -0.303. The van der Waals surface area contributed by atoms with E-state index in [9.17, 15) is 5.11 Å². The number of ether oxygens (including phenoxy) is 1. The molecular weight excluding hydrogens is 304 g/mol. The first-order valence-electron chi connectivity index (χ1n) is 9.28. The maximum Gasteiger partial charge on any atom is 0.0793 e. The van der Waals surface area contributed by atoms with Gasteiger partial charge in [-0.15, -0.1) is 0 Å². The van der Waals surface area contributed by atoms with Crippen molar-refractivity contribution < 1.29 is 9.84 Å². The molecule has 0 aromatic carbocycles. The van der Waals surface area contributed by atoms with Gasteiger partial charge in [0.05, 0.1) is 31.1 Å². The molecule has 2 fully saturated rings. The van der Waals surface area contributed by atoms with Crippen molar-refractivity contribution in [3.05, 3.63) is 18.0 Å². The van der Waals surface area contributed by atoms with E-state index in [-0.39, 0.29) is 18.3 Å². The van der Waals surface area contributed by atoms with E-state index < -0.39 is 0 Å². The molecule has 2 aliphatic heterocycles. The summed E-state index contributed by atoms with van der Waals surface area (Å²) in [7, 11) is 0. The first-order chi connectivity index (χ1) is 11.5. The monoisotopic (exact) mass is 336 g/mol. The van der Waals surface area contributed by atoms with Gasteiger partial charge in [0.2, 0.25) is 0 Å². The van der Waals surface area contributed by atoms with Gasteiger partial charge >= 0.3 is 0 Å². The fourth-order valence-corrected chi connectivity index (χ4v) is 4.18. The first kappa shape index (κ1) is 17.9. The second-order valence-electron chi connectivity index (χ2n) is 7.66. The molecule has 0 bridgehead atoms. The number of likely N-dealkylation sites (tertiary alicyclic amines) is 1. The van der Waals surface area contributed by atoms with Crippen LogP contribution in [0.25, 0.3) is 0 Å². The Morgan fingerprint density at radius 2 is 2.04 bits per heavy atom. The van der Waals surface area contributed by atoms with E-state index in [0.717, 1.165) is 39.3 Å². The molecule has 1 aromatic heterocycles. The topological polar surface area (TPSA) is 53.8 Å². The molecule has 6 nitrogen and oxygen atoms in total. The normalized spacial score (nSPS) is 30.8. The van der Waals surface area contributed by atoms with E-state index in [4.69, 9.17) is 4.74 Å². The molecule has 3 rings (SSSR count). The van der Waals surface area contributed by atoms with Crippen LogP contribution in [0.1, 0.15) is 32.3 Å². The molecule has 2 saturated heterocycles. The highest BCUT2D eigenvalue weighted by Crippen LogP contribution is 2.20. The lowest BCUT2D eigenvalue weighted by Crippen LogP contribution is -2.50. The number of nitrogens with zero attached hydrogens (tertiary/aromatic N) is 4. The number of aliphatic hydroxyl groups is 1. The maximum atomic E-state index is 10.6. The summed E-state index contributed by atoms with van der Waals surface area (Å²) in [5.74, 6) is 0. The van der Waals surface area contributed by atoms with Crippen LogP contribution in [-0.2, 0) is 11.3 Å². The summed E-state index contributed by atoms with van der Waals surface area (Å²) in [4.78, 5) is 4.78. The Morgan fingerprint density at radius 3 is 2.71 bits per heavy atom. The van der Waals surface area contributed by atoms with Crippen LogP contribution in [0.15, 0.2) is 12.4 Å². The Bertz CT molecular complexity index is 511. The van der Waals surface area contributed by atoms with Gasteiger partial charge in [-0.25, -0.2) is 0 Å². The van der Waals surface area contributed by atoms with Crippen molar-refractivity contribution in [3.8, 4) is 0 Å². The van der Waals surface area contributed by atoms with Crippen LogP contribution in [-0.4, -0.2) is 81.8 Å². The van der Waals surface area contributed by atoms with Gasteiger partial charge in [-0.2, -0.15) is 5.10 Å². The summed E-state index contributed by atoms with van der Waals surface area (Å²) in [6.07, 6.45) is 6.62. The summed E-state index contributed by atoms with van der Waals surface area (Å²) < 4.78 is 7.81. The molecule has 0 spiro atoms. The van der Waals surface area contributed by atoms with Crippen LogP contribution in [0.5, 0.6) is 0 Å².